The van der Waals surface area contributed by atoms with Crippen molar-refractivity contribution in [2.45, 2.75) is 51.9 Å². The van der Waals surface area contributed by atoms with Gasteiger partial charge in [-0.1, -0.05) is 57.6 Å². The fourth-order valence-corrected chi connectivity index (χ4v) is 2.33. The smallest absolute Gasteiger partial charge is 0.243 e. The van der Waals surface area contributed by atoms with E-state index in [1.54, 1.807) is 19.3 Å². The van der Waals surface area contributed by atoms with Crippen molar-refractivity contribution in [3.8, 4) is 5.75 Å². The molecule has 0 atom stereocenters. The second-order valence-electron chi connectivity index (χ2n) is 5.87. The van der Waals surface area contributed by atoms with E-state index in [9.17, 15) is 4.79 Å². The predicted molar refractivity (Wildman–Crippen MR) is 99.0 cm³/mol. The third-order valence-corrected chi connectivity index (χ3v) is 3.73. The van der Waals surface area contributed by atoms with Crippen molar-refractivity contribution in [3.63, 3.8) is 0 Å². The number of unbranched alkanes of at least 4 members (excludes halogenated alkanes) is 6. The normalized spacial score (nSPS) is 10.9. The molecule has 0 bridgehead atoms. The number of rotatable bonds is 13. The largest absolute Gasteiger partial charge is 0.468 e. The molecule has 1 rings (SSSR count). The lowest BCUT2D eigenvalue weighted by molar-refractivity contribution is -0.116. The molecule has 0 saturated heterocycles. The van der Waals surface area contributed by atoms with Crippen LogP contribution in [0.25, 0.3) is 6.08 Å². The molecule has 0 aliphatic heterocycles. The number of benzene rings is 1. The average Bonchev–Trinajstić information content (AvgIpc) is 2.61. The Morgan fingerprint density at radius 2 is 1.71 bits per heavy atom. The van der Waals surface area contributed by atoms with E-state index < -0.39 is 0 Å². The van der Waals surface area contributed by atoms with Crippen LogP contribution in [-0.4, -0.2) is 26.4 Å². The zero-order valence-electron chi connectivity index (χ0n) is 15.1. The first-order valence-corrected chi connectivity index (χ1v) is 8.94. The highest BCUT2D eigenvalue weighted by Gasteiger charge is 1.97. The number of carbonyl (C=O) groups excluding carboxylic acids is 1. The van der Waals surface area contributed by atoms with Crippen molar-refractivity contribution in [2.75, 3.05) is 20.4 Å². The molecule has 0 aromatic heterocycles. The maximum absolute atomic E-state index is 11.8. The molecule has 0 radical (unpaired) electrons. The van der Waals surface area contributed by atoms with Gasteiger partial charge in [-0.05, 0) is 30.2 Å². The Labute approximate surface area is 146 Å². The second kappa shape index (κ2) is 13.6. The minimum atomic E-state index is -0.0410. The fraction of sp³-hybridized carbons (Fsp3) is 0.550. The summed E-state index contributed by atoms with van der Waals surface area (Å²) in [6.07, 6.45) is 12.2. The molecule has 0 unspecified atom stereocenters. The molecule has 4 heteroatoms. The molecule has 1 N–H and O–H groups in total. The molecule has 0 heterocycles. The summed E-state index contributed by atoms with van der Waals surface area (Å²) < 4.78 is 10.2. The summed E-state index contributed by atoms with van der Waals surface area (Å²) in [4.78, 5) is 11.8. The Morgan fingerprint density at radius 3 is 2.38 bits per heavy atom. The molecule has 0 aliphatic rings. The Kier molecular flexibility index (Phi) is 11.5. The van der Waals surface area contributed by atoms with Crippen LogP contribution in [0.1, 0.15) is 57.4 Å². The van der Waals surface area contributed by atoms with E-state index in [-0.39, 0.29) is 12.7 Å². The SMILES string of the molecule is CCCCCCCCCNC(=O)C=Cc1ccc(OCOC)cc1. The molecule has 1 aromatic rings. The Morgan fingerprint density at radius 1 is 1.04 bits per heavy atom. The number of carbonyl (C=O) groups is 1. The van der Waals surface area contributed by atoms with Gasteiger partial charge in [0.15, 0.2) is 6.79 Å². The fourth-order valence-electron chi connectivity index (χ4n) is 2.33. The summed E-state index contributed by atoms with van der Waals surface area (Å²) in [5.74, 6) is 0.707. The molecule has 0 fully saturated rings. The quantitative estimate of drug-likeness (QED) is 0.327. The van der Waals surface area contributed by atoms with Gasteiger partial charge < -0.3 is 14.8 Å². The van der Waals surface area contributed by atoms with Gasteiger partial charge in [-0.15, -0.1) is 0 Å². The summed E-state index contributed by atoms with van der Waals surface area (Å²) in [5, 5.41) is 2.93. The van der Waals surface area contributed by atoms with Crippen LogP contribution in [0.2, 0.25) is 0 Å². The van der Waals surface area contributed by atoms with Gasteiger partial charge in [-0.2, -0.15) is 0 Å². The summed E-state index contributed by atoms with van der Waals surface area (Å²) >= 11 is 0. The van der Waals surface area contributed by atoms with Gasteiger partial charge in [0.2, 0.25) is 5.91 Å². The monoisotopic (exact) mass is 333 g/mol. The van der Waals surface area contributed by atoms with E-state index >= 15 is 0 Å². The highest BCUT2D eigenvalue weighted by Crippen LogP contribution is 2.13. The summed E-state index contributed by atoms with van der Waals surface area (Å²) in [6.45, 7) is 3.21. The maximum atomic E-state index is 11.8. The van der Waals surface area contributed by atoms with Crippen molar-refractivity contribution >= 4 is 12.0 Å². The Hall–Kier alpha value is -1.81. The molecule has 0 saturated carbocycles. The summed E-state index contributed by atoms with van der Waals surface area (Å²) in [6, 6.07) is 7.53. The lowest BCUT2D eigenvalue weighted by atomic mass is 10.1. The highest BCUT2D eigenvalue weighted by molar-refractivity contribution is 5.91. The number of hydrogen-bond acceptors (Lipinski definition) is 3. The number of ether oxygens (including phenoxy) is 2. The molecule has 134 valence electrons. The van der Waals surface area contributed by atoms with Gasteiger partial charge in [0.1, 0.15) is 5.75 Å². The van der Waals surface area contributed by atoms with Crippen molar-refractivity contribution in [3.05, 3.63) is 35.9 Å². The van der Waals surface area contributed by atoms with E-state index in [1.807, 2.05) is 24.3 Å². The standard InChI is InChI=1S/C20H31NO3/c1-3-4-5-6-7-8-9-16-21-20(22)15-12-18-10-13-19(14-11-18)24-17-23-2/h10-15H,3-9,16-17H2,1-2H3,(H,21,22). The third-order valence-electron chi connectivity index (χ3n) is 3.73. The van der Waals surface area contributed by atoms with Gasteiger partial charge in [-0.3, -0.25) is 4.79 Å². The molecule has 0 spiro atoms. The van der Waals surface area contributed by atoms with Crippen molar-refractivity contribution in [2.24, 2.45) is 0 Å². The average molecular weight is 333 g/mol. The van der Waals surface area contributed by atoms with Gasteiger partial charge in [0, 0.05) is 19.7 Å². The molecule has 4 nitrogen and oxygen atoms in total. The number of methoxy groups -OCH3 is 1. The number of amides is 1. The molecule has 1 amide bonds. The summed E-state index contributed by atoms with van der Waals surface area (Å²) in [5.41, 5.74) is 0.964. The zero-order valence-corrected chi connectivity index (χ0v) is 15.1. The first kappa shape index (κ1) is 20.2. The van der Waals surface area contributed by atoms with Crippen LogP contribution in [0, 0.1) is 0 Å². The molecule has 0 aliphatic carbocycles. The first-order valence-electron chi connectivity index (χ1n) is 8.94. The topological polar surface area (TPSA) is 47.6 Å². The van der Waals surface area contributed by atoms with Crippen molar-refractivity contribution < 1.29 is 14.3 Å². The number of nitrogens with one attached hydrogen (secondary N) is 1. The minimum absolute atomic E-state index is 0.0410. The maximum Gasteiger partial charge on any atom is 0.243 e. The lowest BCUT2D eigenvalue weighted by Gasteiger charge is -2.04. The van der Waals surface area contributed by atoms with E-state index in [1.165, 1.54) is 38.5 Å². The third kappa shape index (κ3) is 10.1. The second-order valence-corrected chi connectivity index (χ2v) is 5.87. The Bertz CT molecular complexity index is 468. The lowest BCUT2D eigenvalue weighted by Crippen LogP contribution is -2.21. The van der Waals surface area contributed by atoms with Gasteiger partial charge in [-0.25, -0.2) is 0 Å². The Balaban J connectivity index is 2.14. The van der Waals surface area contributed by atoms with Gasteiger partial charge in [0.25, 0.3) is 0 Å². The molecule has 24 heavy (non-hydrogen) atoms. The van der Waals surface area contributed by atoms with E-state index in [0.717, 1.165) is 24.3 Å². The highest BCUT2D eigenvalue weighted by atomic mass is 16.7. The van der Waals surface area contributed by atoms with Crippen LogP contribution in [0.15, 0.2) is 30.3 Å². The predicted octanol–water partition coefficient (Wildman–Crippen LogP) is 4.55. The van der Waals surface area contributed by atoms with Crippen molar-refractivity contribution in [1.82, 2.24) is 5.32 Å². The van der Waals surface area contributed by atoms with Crippen molar-refractivity contribution in [1.29, 1.82) is 0 Å². The van der Waals surface area contributed by atoms with Crippen LogP contribution in [0.4, 0.5) is 0 Å². The minimum Gasteiger partial charge on any atom is -0.468 e. The van der Waals surface area contributed by atoms with E-state index in [2.05, 4.69) is 12.2 Å². The molecular weight excluding hydrogens is 302 g/mol. The summed E-state index contributed by atoms with van der Waals surface area (Å²) in [7, 11) is 1.59. The van der Waals surface area contributed by atoms with Crippen LogP contribution in [-0.2, 0) is 9.53 Å². The zero-order chi connectivity index (χ0) is 17.5. The molecule has 1 aromatic carbocycles. The van der Waals surface area contributed by atoms with Gasteiger partial charge >= 0.3 is 0 Å². The first-order chi connectivity index (χ1) is 11.8. The van der Waals surface area contributed by atoms with Crippen LogP contribution < -0.4 is 10.1 Å². The van der Waals surface area contributed by atoms with Crippen LogP contribution in [0.3, 0.4) is 0 Å². The molecular formula is C20H31NO3. The van der Waals surface area contributed by atoms with Crippen LogP contribution in [0.5, 0.6) is 5.75 Å². The number of hydrogen-bond donors (Lipinski definition) is 1. The van der Waals surface area contributed by atoms with E-state index in [4.69, 9.17) is 9.47 Å². The van der Waals surface area contributed by atoms with Crippen LogP contribution >= 0.6 is 0 Å². The van der Waals surface area contributed by atoms with E-state index in [0.29, 0.717) is 0 Å². The van der Waals surface area contributed by atoms with Gasteiger partial charge in [0.05, 0.1) is 0 Å².